The molecule has 0 unspecified atom stereocenters. The summed E-state index contributed by atoms with van der Waals surface area (Å²) in [5.41, 5.74) is 17.9. The van der Waals surface area contributed by atoms with E-state index in [1.54, 1.807) is 31.3 Å². The molecule has 7 rings (SSSR count). The van der Waals surface area contributed by atoms with E-state index in [4.69, 9.17) is 0 Å². The topological polar surface area (TPSA) is 0 Å². The maximum Gasteiger partial charge on any atom is 0.0426 e. The molecule has 0 aliphatic rings. The number of unbranched alkanes of at least 4 members (excludes halogenated alkanes) is 18. The van der Waals surface area contributed by atoms with Crippen molar-refractivity contribution in [1.82, 2.24) is 0 Å². The van der Waals surface area contributed by atoms with Gasteiger partial charge in [0.2, 0.25) is 0 Å². The monoisotopic (exact) mass is 1060 g/mol. The maximum atomic E-state index is 2.72. The maximum absolute atomic E-state index is 2.72. The average molecular weight is 1060 g/mol. The fourth-order valence-electron chi connectivity index (χ4n) is 11.6. The predicted octanol–water partition coefficient (Wildman–Crippen LogP) is 24.6. The summed E-state index contributed by atoms with van der Waals surface area (Å²) in [6.07, 6.45) is 37.8. The van der Waals surface area contributed by atoms with Crippen LogP contribution in [0.4, 0.5) is 0 Å². The zero-order chi connectivity index (χ0) is 52.5. The van der Waals surface area contributed by atoms with Crippen molar-refractivity contribution in [3.63, 3.8) is 0 Å². The van der Waals surface area contributed by atoms with E-state index in [2.05, 4.69) is 185 Å². The van der Waals surface area contributed by atoms with E-state index in [-0.39, 0.29) is 0 Å². The van der Waals surface area contributed by atoms with Crippen LogP contribution in [0.5, 0.6) is 0 Å². The Hall–Kier alpha value is -4.02. The SMILES string of the molecule is CCCCCCc1sc(-c2ccccc2)c(-c2cc(-c3c(-c4ccccc4)sc(CCCCCC)c3CCCCCC)cc(-c3c(-c4ccccc4)sc(CCCCCC)c3CCCCCC)c2)c1CCCCCC. The minimum Gasteiger partial charge on any atom is -0.139 e. The average Bonchev–Trinajstić information content (AvgIpc) is 4.14. The molecule has 75 heavy (non-hydrogen) atoms. The summed E-state index contributed by atoms with van der Waals surface area (Å²) in [6.45, 7) is 14.1. The Morgan fingerprint density at radius 3 is 0.693 bits per heavy atom. The van der Waals surface area contributed by atoms with E-state index < -0.39 is 0 Å². The quantitative estimate of drug-likeness (QED) is 0.0344. The number of aryl methyl sites for hydroxylation is 3. The normalized spacial score (nSPS) is 11.6. The van der Waals surface area contributed by atoms with Crippen molar-refractivity contribution in [3.05, 3.63) is 141 Å². The molecule has 7 aromatic rings. The van der Waals surface area contributed by atoms with Crippen LogP contribution in [0.25, 0.3) is 64.7 Å². The number of rotatable bonds is 36. The Morgan fingerprint density at radius 1 is 0.240 bits per heavy atom. The van der Waals surface area contributed by atoms with Gasteiger partial charge in [-0.15, -0.1) is 34.0 Å². The molecule has 0 nitrogen and oxygen atoms in total. The Bertz CT molecular complexity index is 2370. The van der Waals surface area contributed by atoms with Crippen LogP contribution >= 0.6 is 34.0 Å². The van der Waals surface area contributed by atoms with Gasteiger partial charge in [-0.2, -0.15) is 0 Å². The summed E-state index contributed by atoms with van der Waals surface area (Å²) in [5.74, 6) is 0. The number of benzene rings is 4. The van der Waals surface area contributed by atoms with E-state index in [0.29, 0.717) is 0 Å². The summed E-state index contributed by atoms with van der Waals surface area (Å²) in [7, 11) is 0. The molecule has 3 heterocycles. The van der Waals surface area contributed by atoms with Gasteiger partial charge in [0.15, 0.2) is 0 Å². The number of hydrogen-bond acceptors (Lipinski definition) is 3. The van der Waals surface area contributed by atoms with Crippen LogP contribution in [0.1, 0.15) is 227 Å². The third kappa shape index (κ3) is 16.5. The van der Waals surface area contributed by atoms with Gasteiger partial charge in [-0.3, -0.25) is 0 Å². The largest absolute Gasteiger partial charge is 0.139 e. The van der Waals surface area contributed by atoms with Crippen LogP contribution in [0.3, 0.4) is 0 Å². The standard InChI is InChI=1S/C72H96S3/c1-7-13-19-34-46-61-64(49-37-22-16-10-4)73-70(55-40-28-25-29-41-55)67(61)58-52-59(68-62(47-35-20-14-8-2)65(50-38-23-17-11-5)74-71(68)56-42-30-26-31-43-56)54-60(53-58)69-63(48-36-21-15-9-3)66(51-39-24-18-12-6)75-72(69)57-44-32-27-33-45-57/h25-33,40-45,52-54H,7-24,34-39,46-51H2,1-6H3. The lowest BCUT2D eigenvalue weighted by Gasteiger charge is -2.18. The second-order valence-corrected chi connectivity index (χ2v) is 25.2. The number of hydrogen-bond donors (Lipinski definition) is 0. The highest BCUT2D eigenvalue weighted by molar-refractivity contribution is 7.17. The van der Waals surface area contributed by atoms with Gasteiger partial charge >= 0.3 is 0 Å². The molecule has 0 N–H and O–H groups in total. The van der Waals surface area contributed by atoms with Crippen LogP contribution in [0.2, 0.25) is 0 Å². The summed E-state index contributed by atoms with van der Waals surface area (Å²) < 4.78 is 0. The fourth-order valence-corrected chi connectivity index (χ4v) is 15.9. The third-order valence-corrected chi connectivity index (χ3v) is 19.8. The lowest BCUT2D eigenvalue weighted by molar-refractivity contribution is 0.655. The third-order valence-electron chi connectivity index (χ3n) is 15.8. The lowest BCUT2D eigenvalue weighted by Crippen LogP contribution is -1.98. The molecule has 4 aromatic carbocycles. The van der Waals surface area contributed by atoms with E-state index in [1.807, 2.05) is 0 Å². The molecule has 0 amide bonds. The Kier molecular flexibility index (Phi) is 25.5. The van der Waals surface area contributed by atoms with E-state index in [0.717, 1.165) is 19.3 Å². The van der Waals surface area contributed by atoms with Crippen LogP contribution in [-0.4, -0.2) is 0 Å². The molecule has 0 aliphatic heterocycles. The first-order chi connectivity index (χ1) is 37.0. The molecule has 0 spiro atoms. The Labute approximate surface area is 470 Å². The number of thiophene rings is 3. The molecule has 402 valence electrons. The van der Waals surface area contributed by atoms with E-state index in [1.165, 1.54) is 238 Å². The Morgan fingerprint density at radius 2 is 0.467 bits per heavy atom. The highest BCUT2D eigenvalue weighted by Crippen LogP contribution is 2.52. The minimum absolute atomic E-state index is 1.15. The first-order valence-corrected chi connectivity index (χ1v) is 33.3. The van der Waals surface area contributed by atoms with Crippen molar-refractivity contribution in [3.8, 4) is 64.7 Å². The lowest BCUT2D eigenvalue weighted by atomic mass is 9.85. The first-order valence-electron chi connectivity index (χ1n) is 30.8. The fraction of sp³-hybridized carbons (Fsp3) is 0.500. The summed E-state index contributed by atoms with van der Waals surface area (Å²) in [6, 6.07) is 42.9. The zero-order valence-electron chi connectivity index (χ0n) is 47.8. The highest BCUT2D eigenvalue weighted by Gasteiger charge is 2.28. The van der Waals surface area contributed by atoms with Crippen molar-refractivity contribution in [2.45, 2.75) is 234 Å². The minimum atomic E-state index is 1.15. The highest BCUT2D eigenvalue weighted by atomic mass is 32.1. The molecule has 3 aromatic heterocycles. The van der Waals surface area contributed by atoms with Crippen LogP contribution < -0.4 is 0 Å². The molecule has 0 fully saturated rings. The first kappa shape index (κ1) is 58.7. The predicted molar refractivity (Wildman–Crippen MR) is 340 cm³/mol. The van der Waals surface area contributed by atoms with E-state index in [9.17, 15) is 0 Å². The van der Waals surface area contributed by atoms with Crippen molar-refractivity contribution in [1.29, 1.82) is 0 Å². The van der Waals surface area contributed by atoms with Gasteiger partial charge in [-0.25, -0.2) is 0 Å². The van der Waals surface area contributed by atoms with E-state index >= 15 is 0 Å². The van der Waals surface area contributed by atoms with Crippen molar-refractivity contribution in [2.24, 2.45) is 0 Å². The van der Waals surface area contributed by atoms with Gasteiger partial charge in [0.1, 0.15) is 0 Å². The van der Waals surface area contributed by atoms with Gasteiger partial charge in [-0.05, 0) is 145 Å². The van der Waals surface area contributed by atoms with Gasteiger partial charge in [0.05, 0.1) is 0 Å². The molecule has 0 radical (unpaired) electrons. The molecule has 3 heteroatoms. The van der Waals surface area contributed by atoms with Gasteiger partial charge < -0.3 is 0 Å². The molecule has 0 aliphatic carbocycles. The molecule has 0 bridgehead atoms. The van der Waals surface area contributed by atoms with Gasteiger partial charge in [0, 0.05) is 46.0 Å². The van der Waals surface area contributed by atoms with Gasteiger partial charge in [-0.1, -0.05) is 248 Å². The van der Waals surface area contributed by atoms with Crippen LogP contribution in [0, 0.1) is 0 Å². The zero-order valence-corrected chi connectivity index (χ0v) is 50.3. The van der Waals surface area contributed by atoms with Crippen molar-refractivity contribution >= 4 is 34.0 Å². The molecular formula is C72H96S3. The summed E-state index contributed by atoms with van der Waals surface area (Å²) in [5, 5.41) is 0. The molecule has 0 saturated carbocycles. The second-order valence-electron chi connectivity index (χ2n) is 21.9. The molecular weight excluding hydrogens is 961 g/mol. The molecule has 0 atom stereocenters. The summed E-state index contributed by atoms with van der Waals surface area (Å²) >= 11 is 6.41. The van der Waals surface area contributed by atoms with Crippen molar-refractivity contribution in [2.75, 3.05) is 0 Å². The molecule has 0 saturated heterocycles. The Balaban J connectivity index is 1.60. The van der Waals surface area contributed by atoms with Crippen LogP contribution in [0.15, 0.2) is 109 Å². The van der Waals surface area contributed by atoms with Gasteiger partial charge in [0.25, 0.3) is 0 Å². The summed E-state index contributed by atoms with van der Waals surface area (Å²) in [4.78, 5) is 9.35. The smallest absolute Gasteiger partial charge is 0.0426 e. The van der Waals surface area contributed by atoms with Crippen molar-refractivity contribution < 1.29 is 0 Å². The van der Waals surface area contributed by atoms with Crippen LogP contribution in [-0.2, 0) is 38.5 Å². The second kappa shape index (κ2) is 32.7.